The van der Waals surface area contributed by atoms with Gasteiger partial charge in [-0.15, -0.1) is 0 Å². The van der Waals surface area contributed by atoms with Gasteiger partial charge in [0.05, 0.1) is 0 Å². The Bertz CT molecular complexity index is 106. The third kappa shape index (κ3) is 81.6. The van der Waals surface area contributed by atoms with E-state index in [-0.39, 0.29) is 22.8 Å². The van der Waals surface area contributed by atoms with Crippen molar-refractivity contribution in [3.63, 3.8) is 0 Å². The van der Waals surface area contributed by atoms with Crippen molar-refractivity contribution in [2.24, 2.45) is 0 Å². The van der Waals surface area contributed by atoms with E-state index >= 15 is 0 Å². The summed E-state index contributed by atoms with van der Waals surface area (Å²) < 4.78 is 0. The molecule has 0 fully saturated rings. The van der Waals surface area contributed by atoms with Gasteiger partial charge in [0.1, 0.15) is 0 Å². The molecule has 0 heterocycles. The van der Waals surface area contributed by atoms with E-state index in [4.69, 9.17) is 71.0 Å². The molecule has 0 spiro atoms. The third-order valence-corrected chi connectivity index (χ3v) is 0. The molecule has 7 heteroatoms. The molecule has 0 radical (unpaired) electrons. The zero-order valence-corrected chi connectivity index (χ0v) is 7.14. The number of nitrogens with zero attached hydrogens (tertiary/aromatic N) is 6. The normalized spacial score (nSPS) is 0.923. The van der Waals surface area contributed by atoms with Gasteiger partial charge in [0.2, 0.25) is 0 Å². The number of hydrogen-bond acceptors (Lipinski definition) is 6. The van der Waals surface area contributed by atoms with E-state index in [9.17, 15) is 0 Å². The molecule has 0 N–H and O–H groups in total. The van der Waals surface area contributed by atoms with Gasteiger partial charge >= 0.3 is 22.8 Å². The predicted molar refractivity (Wildman–Crippen MR) is 34.3 cm³/mol. The molecule has 0 rings (SSSR count). The number of hydrogen-bond donors (Lipinski definition) is 0. The van der Waals surface area contributed by atoms with Gasteiger partial charge in [0.25, 0.3) is 0 Å². The fraction of sp³-hybridized carbons (Fsp3) is 0. The first-order valence-corrected chi connectivity index (χ1v) is 1.34. The van der Waals surface area contributed by atoms with Gasteiger partial charge < -0.3 is 71.0 Å². The van der Waals surface area contributed by atoms with Crippen LogP contribution in [0.2, 0.25) is 0 Å². The molecule has 0 amide bonds. The Hall–Kier alpha value is -2.54. The fourth-order valence-electron chi connectivity index (χ4n) is 0. The summed E-state index contributed by atoms with van der Waals surface area (Å²) in [6, 6.07) is 0. The quantitative estimate of drug-likeness (QED) is 0.436. The second-order valence-electron chi connectivity index (χ2n) is 0. The van der Waals surface area contributed by atoms with Crippen molar-refractivity contribution in [2.45, 2.75) is 0 Å². The summed E-state index contributed by atoms with van der Waals surface area (Å²) in [7, 11) is 0. The molecule has 0 aromatic rings. The molecule has 0 bridgehead atoms. The van der Waals surface area contributed by atoms with Gasteiger partial charge in [-0.3, -0.25) is 0 Å². The van der Waals surface area contributed by atoms with Crippen molar-refractivity contribution in [1.82, 2.24) is 0 Å². The molecular weight excluding hydrogens is 212 g/mol. The summed E-state index contributed by atoms with van der Waals surface area (Å²) in [5, 5.41) is 37.5. The van der Waals surface area contributed by atoms with Crippen LogP contribution in [0, 0.1) is 71.0 Å². The molecule has 0 unspecified atom stereocenters. The Labute approximate surface area is 94.5 Å². The van der Waals surface area contributed by atoms with E-state index in [0.29, 0.717) is 0 Å². The van der Waals surface area contributed by atoms with Crippen LogP contribution in [0.1, 0.15) is 5.71 Å². The molecule has 13 heavy (non-hydrogen) atoms. The van der Waals surface area contributed by atoms with E-state index in [0.717, 1.165) is 0 Å². The molecule has 0 saturated heterocycles. The van der Waals surface area contributed by atoms with Crippen LogP contribution in [0.15, 0.2) is 0 Å². The van der Waals surface area contributed by atoms with Crippen molar-refractivity contribution in [2.75, 3.05) is 0 Å². The second kappa shape index (κ2) is 105. The second-order valence-corrected chi connectivity index (χ2v) is 0. The summed E-state index contributed by atoms with van der Waals surface area (Å²) in [5.74, 6) is 0. The third-order valence-electron chi connectivity index (χ3n) is 0. The molecule has 0 aliphatic carbocycles. The molecule has 0 aromatic carbocycles. The van der Waals surface area contributed by atoms with Gasteiger partial charge in [-0.2, -0.15) is 0 Å². The maximum absolute atomic E-state index is 6.25. The van der Waals surface area contributed by atoms with Crippen LogP contribution in [0.3, 0.4) is 0 Å². The minimum atomic E-state index is 0. The van der Waals surface area contributed by atoms with E-state index < -0.39 is 0 Å². The smallest absolute Gasteiger partial charge is 0.512 e. The molecule has 0 aliphatic heterocycles. The standard InChI is InChI=1S/6CN.Fe/c6*1-2;/q6*-1;+2/p+4. The minimum absolute atomic E-state index is 0. The topological polar surface area (TPSA) is 143 Å². The first-order valence-electron chi connectivity index (χ1n) is 1.34. The van der Waals surface area contributed by atoms with Crippen molar-refractivity contribution < 1.29 is 22.8 Å². The zero-order chi connectivity index (χ0) is 12.0. The SMILES string of the molecule is [C-]#N.[C-]#N.[C-]#N.[C-]#N.[C-]#N.[C-]#N.[Fe+2].[H+].[H+].[H+].[H+]. The minimum Gasteiger partial charge on any atom is -0.512 e. The van der Waals surface area contributed by atoms with Crippen LogP contribution in [0.4, 0.5) is 0 Å². The maximum atomic E-state index is 6.25. The van der Waals surface area contributed by atoms with Crippen LogP contribution in [0.5, 0.6) is 0 Å². The van der Waals surface area contributed by atoms with E-state index in [1.807, 2.05) is 0 Å². The van der Waals surface area contributed by atoms with Crippen LogP contribution in [-0.4, -0.2) is 0 Å². The van der Waals surface area contributed by atoms with Gasteiger partial charge in [-0.1, -0.05) is 0 Å². The van der Waals surface area contributed by atoms with E-state index in [2.05, 4.69) is 0 Å². The molecule has 0 aromatic heterocycles. The Morgan fingerprint density at radius 1 is 0.385 bits per heavy atom. The van der Waals surface area contributed by atoms with Gasteiger partial charge in [-0.05, 0) is 0 Å². The summed E-state index contributed by atoms with van der Waals surface area (Å²) in [6.07, 6.45) is 0. The van der Waals surface area contributed by atoms with E-state index in [1.54, 1.807) is 0 Å². The molecule has 0 atom stereocenters. The Morgan fingerprint density at radius 2 is 0.385 bits per heavy atom. The van der Waals surface area contributed by atoms with Gasteiger partial charge in [0, 0.05) is 0 Å². The Morgan fingerprint density at radius 3 is 0.385 bits per heavy atom. The first-order chi connectivity index (χ1) is 6.00. The zero-order valence-electron chi connectivity index (χ0n) is 10.0. The molecular formula is C6H4FeN6. The van der Waals surface area contributed by atoms with Crippen molar-refractivity contribution >= 4 is 0 Å². The van der Waals surface area contributed by atoms with Crippen LogP contribution in [0.25, 0.3) is 0 Å². The average molecular weight is 216 g/mol. The monoisotopic (exact) mass is 216 g/mol. The van der Waals surface area contributed by atoms with Crippen molar-refractivity contribution in [3.05, 3.63) is 39.4 Å². The maximum Gasteiger partial charge on any atom is 2.00 e. The summed E-state index contributed by atoms with van der Waals surface area (Å²) >= 11 is 0. The van der Waals surface area contributed by atoms with E-state index in [1.165, 1.54) is 0 Å². The fourth-order valence-corrected chi connectivity index (χ4v) is 0. The van der Waals surface area contributed by atoms with Crippen molar-refractivity contribution in [1.29, 1.82) is 31.6 Å². The largest absolute Gasteiger partial charge is 2.00 e. The van der Waals surface area contributed by atoms with Crippen LogP contribution in [-0.2, 0) is 17.1 Å². The van der Waals surface area contributed by atoms with Crippen LogP contribution >= 0.6 is 0 Å². The molecule has 66 valence electrons. The summed E-state index contributed by atoms with van der Waals surface area (Å²) in [4.78, 5) is 0. The van der Waals surface area contributed by atoms with Gasteiger partial charge in [0.15, 0.2) is 0 Å². The molecule has 0 saturated carbocycles. The van der Waals surface area contributed by atoms with Crippen LogP contribution < -0.4 is 0 Å². The summed E-state index contributed by atoms with van der Waals surface area (Å²) in [6.45, 7) is 28.5. The Kier molecular flexibility index (Phi) is 631. The summed E-state index contributed by atoms with van der Waals surface area (Å²) in [5.41, 5.74) is 0. The van der Waals surface area contributed by atoms with Crippen molar-refractivity contribution in [3.8, 4) is 0 Å². The Balaban J connectivity index is -0.00000000267. The molecule has 0 aliphatic rings. The first kappa shape index (κ1) is 78.2. The molecule has 6 nitrogen and oxygen atoms in total. The predicted octanol–water partition coefficient (Wildman–Crippen LogP) is 1.03. The number of rotatable bonds is 0. The van der Waals surface area contributed by atoms with Gasteiger partial charge in [-0.25, -0.2) is 0 Å². The average Bonchev–Trinajstić information content (AvgIpc) is 2.33.